The number of aromatic carboxylic acids is 1. The Bertz CT molecular complexity index is 1020. The second-order valence-electron chi connectivity index (χ2n) is 8.19. The molecule has 3 rings (SSSR count). The molecule has 0 heterocycles. The molecule has 0 aliphatic heterocycles. The zero-order valence-corrected chi connectivity index (χ0v) is 18.8. The van der Waals surface area contributed by atoms with Crippen LogP contribution in [-0.2, 0) is 26.8 Å². The lowest BCUT2D eigenvalue weighted by molar-refractivity contribution is -0.122. The van der Waals surface area contributed by atoms with Gasteiger partial charge in [-0.2, -0.15) is 0 Å². The van der Waals surface area contributed by atoms with Crippen molar-refractivity contribution < 1.29 is 28.2 Å². The van der Waals surface area contributed by atoms with E-state index in [-0.39, 0.29) is 28.5 Å². The number of carboxylic acid groups (broad SMARTS) is 1. The van der Waals surface area contributed by atoms with Crippen molar-refractivity contribution in [3.05, 3.63) is 65.2 Å². The SMILES string of the molecule is CC(C)CC(=O)NC1(c2ccc(C(=O)O)cc2)CC1.CS(=O)(=O)c1cccc(CO)c1. The molecule has 0 saturated heterocycles. The second-order valence-corrected chi connectivity index (χ2v) is 10.2. The summed E-state index contributed by atoms with van der Waals surface area (Å²) in [4.78, 5) is 22.9. The van der Waals surface area contributed by atoms with Gasteiger partial charge in [-0.05, 0) is 54.2 Å². The fourth-order valence-corrected chi connectivity index (χ4v) is 3.80. The van der Waals surface area contributed by atoms with Crippen molar-refractivity contribution >= 4 is 21.7 Å². The molecule has 0 aromatic heterocycles. The van der Waals surface area contributed by atoms with Crippen LogP contribution in [0.1, 0.15) is 54.6 Å². The van der Waals surface area contributed by atoms with Crippen LogP contribution in [0.15, 0.2) is 53.4 Å². The van der Waals surface area contributed by atoms with E-state index in [1.165, 1.54) is 12.1 Å². The number of aliphatic hydroxyl groups is 1. The highest BCUT2D eigenvalue weighted by Crippen LogP contribution is 2.45. The van der Waals surface area contributed by atoms with Crippen LogP contribution in [0.2, 0.25) is 0 Å². The van der Waals surface area contributed by atoms with E-state index < -0.39 is 15.8 Å². The van der Waals surface area contributed by atoms with Gasteiger partial charge in [0.15, 0.2) is 9.84 Å². The van der Waals surface area contributed by atoms with Gasteiger partial charge in [0, 0.05) is 12.7 Å². The Morgan fingerprint density at radius 3 is 2.16 bits per heavy atom. The number of sulfone groups is 1. The van der Waals surface area contributed by atoms with Crippen LogP contribution in [-0.4, -0.2) is 36.8 Å². The van der Waals surface area contributed by atoms with Crippen LogP contribution in [0.5, 0.6) is 0 Å². The van der Waals surface area contributed by atoms with Crippen molar-refractivity contribution in [1.82, 2.24) is 5.32 Å². The van der Waals surface area contributed by atoms with Gasteiger partial charge >= 0.3 is 5.97 Å². The van der Waals surface area contributed by atoms with Crippen LogP contribution in [0.25, 0.3) is 0 Å². The molecule has 0 spiro atoms. The average Bonchev–Trinajstić information content (AvgIpc) is 3.47. The Morgan fingerprint density at radius 2 is 1.71 bits per heavy atom. The summed E-state index contributed by atoms with van der Waals surface area (Å²) in [5.74, 6) is -0.528. The minimum atomic E-state index is -3.15. The fourth-order valence-electron chi connectivity index (χ4n) is 3.11. The molecule has 8 heteroatoms. The molecule has 1 aliphatic rings. The first-order valence-corrected chi connectivity index (χ1v) is 11.9. The second kappa shape index (κ2) is 10.1. The van der Waals surface area contributed by atoms with E-state index in [9.17, 15) is 18.0 Å². The van der Waals surface area contributed by atoms with Crippen LogP contribution in [0.3, 0.4) is 0 Å². The van der Waals surface area contributed by atoms with E-state index in [2.05, 4.69) is 5.32 Å². The number of carbonyl (C=O) groups excluding carboxylic acids is 1. The third-order valence-electron chi connectivity index (χ3n) is 4.92. The van der Waals surface area contributed by atoms with E-state index in [1.807, 2.05) is 13.8 Å². The number of aliphatic hydroxyl groups excluding tert-OH is 1. The first-order valence-electron chi connectivity index (χ1n) is 10.0. The minimum absolute atomic E-state index is 0.0646. The topological polar surface area (TPSA) is 121 Å². The molecule has 0 bridgehead atoms. The summed E-state index contributed by atoms with van der Waals surface area (Å²) in [6.07, 6.45) is 3.50. The molecule has 2 aromatic carbocycles. The normalized spacial score (nSPS) is 14.4. The molecular formula is C23H29NO6S. The van der Waals surface area contributed by atoms with Crippen molar-refractivity contribution in [3.63, 3.8) is 0 Å². The number of carbonyl (C=O) groups is 2. The van der Waals surface area contributed by atoms with Crippen molar-refractivity contribution in [2.24, 2.45) is 5.92 Å². The molecule has 0 atom stereocenters. The van der Waals surface area contributed by atoms with Crippen LogP contribution < -0.4 is 5.32 Å². The van der Waals surface area contributed by atoms with E-state index in [0.717, 1.165) is 24.7 Å². The zero-order chi connectivity index (χ0) is 23.2. The quantitative estimate of drug-likeness (QED) is 0.600. The average molecular weight is 448 g/mol. The molecule has 168 valence electrons. The first kappa shape index (κ1) is 24.6. The summed E-state index contributed by atoms with van der Waals surface area (Å²) in [6, 6.07) is 13.0. The van der Waals surface area contributed by atoms with Gasteiger partial charge in [-0.25, -0.2) is 13.2 Å². The van der Waals surface area contributed by atoms with Crippen LogP contribution in [0.4, 0.5) is 0 Å². The number of carboxylic acids is 1. The maximum absolute atomic E-state index is 11.9. The Labute approximate surface area is 183 Å². The predicted octanol–water partition coefficient (Wildman–Crippen LogP) is 3.12. The molecule has 31 heavy (non-hydrogen) atoms. The lowest BCUT2D eigenvalue weighted by Gasteiger charge is -2.19. The summed E-state index contributed by atoms with van der Waals surface area (Å²) in [5.41, 5.74) is 1.61. The number of rotatable bonds is 7. The Balaban J connectivity index is 0.000000245. The van der Waals surface area contributed by atoms with Crippen molar-refractivity contribution in [2.45, 2.75) is 50.2 Å². The molecule has 0 radical (unpaired) electrons. The summed E-state index contributed by atoms with van der Waals surface area (Å²) in [7, 11) is -3.15. The Kier molecular flexibility index (Phi) is 7.97. The van der Waals surface area contributed by atoms with Crippen molar-refractivity contribution in [1.29, 1.82) is 0 Å². The lowest BCUT2D eigenvalue weighted by atomic mass is 10.0. The maximum Gasteiger partial charge on any atom is 0.335 e. The van der Waals surface area contributed by atoms with E-state index in [0.29, 0.717) is 17.9 Å². The van der Waals surface area contributed by atoms with Crippen LogP contribution >= 0.6 is 0 Å². The number of hydrogen-bond acceptors (Lipinski definition) is 5. The lowest BCUT2D eigenvalue weighted by Crippen LogP contribution is -2.35. The Morgan fingerprint density at radius 1 is 1.10 bits per heavy atom. The van der Waals surface area contributed by atoms with Gasteiger partial charge in [0.25, 0.3) is 0 Å². The smallest absolute Gasteiger partial charge is 0.335 e. The van der Waals surface area contributed by atoms with E-state index in [1.54, 1.807) is 36.4 Å². The van der Waals surface area contributed by atoms with Gasteiger partial charge in [0.1, 0.15) is 0 Å². The molecular weight excluding hydrogens is 418 g/mol. The molecule has 2 aromatic rings. The summed E-state index contributed by atoms with van der Waals surface area (Å²) in [5, 5.41) is 20.7. The Hall–Kier alpha value is -2.71. The third kappa shape index (κ3) is 7.18. The monoisotopic (exact) mass is 447 g/mol. The first-order chi connectivity index (χ1) is 14.5. The summed E-state index contributed by atoms with van der Waals surface area (Å²) in [6.45, 7) is 3.89. The largest absolute Gasteiger partial charge is 0.478 e. The minimum Gasteiger partial charge on any atom is -0.478 e. The molecule has 3 N–H and O–H groups in total. The number of nitrogens with one attached hydrogen (secondary N) is 1. The molecule has 7 nitrogen and oxygen atoms in total. The van der Waals surface area contributed by atoms with Gasteiger partial charge in [-0.15, -0.1) is 0 Å². The standard InChI is InChI=1S/C15H19NO3.C8H10O3S/c1-10(2)9-13(17)16-15(7-8-15)12-5-3-11(4-6-12)14(18)19;1-12(10,11)8-4-2-3-7(5-8)6-9/h3-6,10H,7-9H2,1-2H3,(H,16,17)(H,18,19);2-5,9H,6H2,1H3. The van der Waals surface area contributed by atoms with E-state index >= 15 is 0 Å². The number of amides is 1. The summed E-state index contributed by atoms with van der Waals surface area (Å²) >= 11 is 0. The summed E-state index contributed by atoms with van der Waals surface area (Å²) < 4.78 is 22.0. The third-order valence-corrected chi connectivity index (χ3v) is 6.03. The highest BCUT2D eigenvalue weighted by atomic mass is 32.2. The maximum atomic E-state index is 11.9. The molecule has 1 fully saturated rings. The van der Waals surface area contributed by atoms with Gasteiger partial charge in [0.2, 0.25) is 5.91 Å². The van der Waals surface area contributed by atoms with Gasteiger partial charge in [0.05, 0.1) is 22.6 Å². The zero-order valence-electron chi connectivity index (χ0n) is 18.0. The van der Waals surface area contributed by atoms with Crippen molar-refractivity contribution in [3.8, 4) is 0 Å². The van der Waals surface area contributed by atoms with Gasteiger partial charge < -0.3 is 15.5 Å². The van der Waals surface area contributed by atoms with Crippen molar-refractivity contribution in [2.75, 3.05) is 6.26 Å². The number of hydrogen-bond donors (Lipinski definition) is 3. The highest BCUT2D eigenvalue weighted by Gasteiger charge is 2.45. The highest BCUT2D eigenvalue weighted by molar-refractivity contribution is 7.90. The molecule has 1 amide bonds. The number of benzene rings is 2. The molecule has 0 unspecified atom stereocenters. The van der Waals surface area contributed by atoms with Crippen LogP contribution in [0, 0.1) is 5.92 Å². The van der Waals surface area contributed by atoms with Gasteiger partial charge in [-0.3, -0.25) is 4.79 Å². The molecule has 1 saturated carbocycles. The predicted molar refractivity (Wildman–Crippen MR) is 117 cm³/mol. The fraction of sp³-hybridized carbons (Fsp3) is 0.391. The van der Waals surface area contributed by atoms with Gasteiger partial charge in [-0.1, -0.05) is 38.1 Å². The van der Waals surface area contributed by atoms with E-state index in [4.69, 9.17) is 10.2 Å². The molecule has 1 aliphatic carbocycles.